The monoisotopic (exact) mass is 302 g/mol. The second kappa shape index (κ2) is 6.64. The first-order valence-corrected chi connectivity index (χ1v) is 7.28. The van der Waals surface area contributed by atoms with Crippen LogP contribution in [0.3, 0.4) is 0 Å². The van der Waals surface area contributed by atoms with Crippen molar-refractivity contribution in [3.63, 3.8) is 0 Å². The molecule has 5 nitrogen and oxygen atoms in total. The summed E-state index contributed by atoms with van der Waals surface area (Å²) in [7, 11) is 1.63. The van der Waals surface area contributed by atoms with Crippen molar-refractivity contribution in [1.82, 2.24) is 10.5 Å². The van der Waals surface area contributed by atoms with Gasteiger partial charge in [0.2, 0.25) is 5.91 Å². The van der Waals surface area contributed by atoms with Crippen LogP contribution in [0.1, 0.15) is 41.1 Å². The highest BCUT2D eigenvalue weighted by Gasteiger charge is 2.17. The molecule has 0 fully saturated rings. The van der Waals surface area contributed by atoms with Crippen molar-refractivity contribution in [3.8, 4) is 5.75 Å². The zero-order valence-corrected chi connectivity index (χ0v) is 13.7. The minimum Gasteiger partial charge on any atom is -0.496 e. The Morgan fingerprint density at radius 2 is 2.09 bits per heavy atom. The van der Waals surface area contributed by atoms with Gasteiger partial charge in [0.05, 0.1) is 25.3 Å². The quantitative estimate of drug-likeness (QED) is 0.922. The SMILES string of the molecule is COc1ccc(C)cc1[C@@H](C)NC(=O)Cc1c(C)noc1C. The van der Waals surface area contributed by atoms with Gasteiger partial charge in [-0.2, -0.15) is 0 Å². The number of hydrogen-bond donors (Lipinski definition) is 1. The van der Waals surface area contributed by atoms with E-state index in [-0.39, 0.29) is 18.4 Å². The highest BCUT2D eigenvalue weighted by molar-refractivity contribution is 5.79. The molecule has 1 aromatic heterocycles. The van der Waals surface area contributed by atoms with E-state index in [1.807, 2.05) is 45.9 Å². The van der Waals surface area contributed by atoms with Crippen LogP contribution in [0.4, 0.5) is 0 Å². The Bertz CT molecular complexity index is 657. The third kappa shape index (κ3) is 3.47. The molecule has 0 saturated heterocycles. The van der Waals surface area contributed by atoms with Gasteiger partial charge in [0.1, 0.15) is 11.5 Å². The second-order valence-electron chi connectivity index (χ2n) is 5.51. The molecule has 0 aliphatic heterocycles. The van der Waals surface area contributed by atoms with Crippen LogP contribution in [0.15, 0.2) is 22.7 Å². The predicted molar refractivity (Wildman–Crippen MR) is 84.0 cm³/mol. The summed E-state index contributed by atoms with van der Waals surface area (Å²) >= 11 is 0. The average Bonchev–Trinajstić information content (AvgIpc) is 2.79. The van der Waals surface area contributed by atoms with Gasteiger partial charge in [0.25, 0.3) is 0 Å². The molecule has 0 aliphatic rings. The predicted octanol–water partition coefficient (Wildman–Crippen LogP) is 3.03. The molecule has 2 rings (SSSR count). The molecule has 0 radical (unpaired) electrons. The van der Waals surface area contributed by atoms with Crippen LogP contribution in [0.5, 0.6) is 5.75 Å². The van der Waals surface area contributed by atoms with Crippen LogP contribution >= 0.6 is 0 Å². The van der Waals surface area contributed by atoms with Gasteiger partial charge in [-0.25, -0.2) is 0 Å². The molecular weight excluding hydrogens is 280 g/mol. The van der Waals surface area contributed by atoms with Crippen LogP contribution in [0.25, 0.3) is 0 Å². The number of carbonyl (C=O) groups is 1. The van der Waals surface area contributed by atoms with E-state index >= 15 is 0 Å². The summed E-state index contributed by atoms with van der Waals surface area (Å²) < 4.78 is 10.5. The second-order valence-corrected chi connectivity index (χ2v) is 5.51. The van der Waals surface area contributed by atoms with Gasteiger partial charge >= 0.3 is 0 Å². The van der Waals surface area contributed by atoms with Crippen LogP contribution in [0, 0.1) is 20.8 Å². The Balaban J connectivity index is 2.10. The smallest absolute Gasteiger partial charge is 0.225 e. The maximum atomic E-state index is 12.3. The minimum atomic E-state index is -0.136. The number of ether oxygens (including phenoxy) is 1. The largest absolute Gasteiger partial charge is 0.496 e. The summed E-state index contributed by atoms with van der Waals surface area (Å²) in [5, 5.41) is 6.87. The summed E-state index contributed by atoms with van der Waals surface area (Å²) in [6.45, 7) is 7.62. The Morgan fingerprint density at radius 3 is 2.68 bits per heavy atom. The number of amides is 1. The summed E-state index contributed by atoms with van der Waals surface area (Å²) in [6, 6.07) is 5.80. The molecule has 0 unspecified atom stereocenters. The fourth-order valence-electron chi connectivity index (χ4n) is 2.48. The number of nitrogens with zero attached hydrogens (tertiary/aromatic N) is 1. The van der Waals surface area contributed by atoms with Gasteiger partial charge < -0.3 is 14.6 Å². The molecular formula is C17H22N2O3. The Morgan fingerprint density at radius 1 is 1.36 bits per heavy atom. The minimum absolute atomic E-state index is 0.0644. The molecule has 1 aromatic carbocycles. The zero-order chi connectivity index (χ0) is 16.3. The molecule has 0 aliphatic carbocycles. The zero-order valence-electron chi connectivity index (χ0n) is 13.7. The third-order valence-electron chi connectivity index (χ3n) is 3.75. The summed E-state index contributed by atoms with van der Waals surface area (Å²) in [5.41, 5.74) is 3.70. The van der Waals surface area contributed by atoms with E-state index in [4.69, 9.17) is 9.26 Å². The molecule has 2 aromatic rings. The number of benzene rings is 1. The Hall–Kier alpha value is -2.30. The van der Waals surface area contributed by atoms with Gasteiger partial charge in [-0.05, 0) is 33.8 Å². The average molecular weight is 302 g/mol. The molecule has 0 bridgehead atoms. The normalized spacial score (nSPS) is 12.0. The van der Waals surface area contributed by atoms with E-state index < -0.39 is 0 Å². The third-order valence-corrected chi connectivity index (χ3v) is 3.75. The number of hydrogen-bond acceptors (Lipinski definition) is 4. The first-order valence-electron chi connectivity index (χ1n) is 7.28. The van der Waals surface area contributed by atoms with E-state index in [0.29, 0.717) is 5.76 Å². The number of nitrogens with one attached hydrogen (secondary N) is 1. The lowest BCUT2D eigenvalue weighted by Crippen LogP contribution is -2.28. The summed E-state index contributed by atoms with van der Waals surface area (Å²) in [4.78, 5) is 12.3. The number of aryl methyl sites for hydroxylation is 3. The maximum absolute atomic E-state index is 12.3. The van der Waals surface area contributed by atoms with Crippen molar-refractivity contribution in [2.24, 2.45) is 0 Å². The molecule has 1 heterocycles. The van der Waals surface area contributed by atoms with Gasteiger partial charge in [-0.1, -0.05) is 22.9 Å². The number of carbonyl (C=O) groups excluding carboxylic acids is 1. The van der Waals surface area contributed by atoms with E-state index in [1.165, 1.54) is 0 Å². The maximum Gasteiger partial charge on any atom is 0.225 e. The van der Waals surface area contributed by atoms with Crippen molar-refractivity contribution in [1.29, 1.82) is 0 Å². The molecule has 1 atom stereocenters. The fraction of sp³-hybridized carbons (Fsp3) is 0.412. The molecule has 22 heavy (non-hydrogen) atoms. The van der Waals surface area contributed by atoms with Gasteiger partial charge in [0, 0.05) is 11.1 Å². The number of methoxy groups -OCH3 is 1. The van der Waals surface area contributed by atoms with Crippen molar-refractivity contribution in [2.75, 3.05) is 7.11 Å². The Kier molecular flexibility index (Phi) is 4.85. The lowest BCUT2D eigenvalue weighted by molar-refractivity contribution is -0.121. The summed E-state index contributed by atoms with van der Waals surface area (Å²) in [5.74, 6) is 1.40. The first-order chi connectivity index (χ1) is 10.4. The molecule has 0 spiro atoms. The molecule has 1 N–H and O–H groups in total. The number of rotatable bonds is 5. The molecule has 1 amide bonds. The van der Waals surface area contributed by atoms with E-state index in [2.05, 4.69) is 10.5 Å². The van der Waals surface area contributed by atoms with Crippen molar-refractivity contribution < 1.29 is 14.1 Å². The molecule has 118 valence electrons. The van der Waals surface area contributed by atoms with Crippen LogP contribution < -0.4 is 10.1 Å². The highest BCUT2D eigenvalue weighted by Crippen LogP contribution is 2.26. The lowest BCUT2D eigenvalue weighted by atomic mass is 10.0. The van der Waals surface area contributed by atoms with Crippen LogP contribution in [-0.4, -0.2) is 18.2 Å². The van der Waals surface area contributed by atoms with Crippen LogP contribution in [0.2, 0.25) is 0 Å². The molecule has 5 heteroatoms. The van der Waals surface area contributed by atoms with Gasteiger partial charge in [-0.3, -0.25) is 4.79 Å². The van der Waals surface area contributed by atoms with Crippen molar-refractivity contribution in [3.05, 3.63) is 46.3 Å². The number of aromatic nitrogens is 1. The van der Waals surface area contributed by atoms with Gasteiger partial charge in [0.15, 0.2) is 0 Å². The standard InChI is InChI=1S/C17H22N2O3/c1-10-6-7-16(21-5)15(8-10)11(2)18-17(20)9-14-12(3)19-22-13(14)4/h6-8,11H,9H2,1-5H3,(H,18,20)/t11-/m1/s1. The summed E-state index contributed by atoms with van der Waals surface area (Å²) in [6.07, 6.45) is 0.264. The fourth-order valence-corrected chi connectivity index (χ4v) is 2.48. The molecule has 0 saturated carbocycles. The van der Waals surface area contributed by atoms with Crippen molar-refractivity contribution in [2.45, 2.75) is 40.2 Å². The highest BCUT2D eigenvalue weighted by atomic mass is 16.5. The lowest BCUT2D eigenvalue weighted by Gasteiger charge is -2.18. The Labute approximate surface area is 130 Å². The van der Waals surface area contributed by atoms with E-state index in [1.54, 1.807) is 7.11 Å². The van der Waals surface area contributed by atoms with Crippen molar-refractivity contribution >= 4 is 5.91 Å². The topological polar surface area (TPSA) is 64.4 Å². The van der Waals surface area contributed by atoms with E-state index in [9.17, 15) is 4.79 Å². The first kappa shape index (κ1) is 16.1. The van der Waals surface area contributed by atoms with Crippen LogP contribution in [-0.2, 0) is 11.2 Å². The van der Waals surface area contributed by atoms with Gasteiger partial charge in [-0.15, -0.1) is 0 Å². The van der Waals surface area contributed by atoms with E-state index in [0.717, 1.165) is 28.1 Å².